The summed E-state index contributed by atoms with van der Waals surface area (Å²) >= 11 is 0. The topological polar surface area (TPSA) is 74.7 Å². The van der Waals surface area contributed by atoms with E-state index in [0.717, 1.165) is 4.31 Å². The van der Waals surface area contributed by atoms with Crippen LogP contribution in [0.25, 0.3) is 11.1 Å². The molecule has 0 bridgehead atoms. The zero-order valence-electron chi connectivity index (χ0n) is 11.6. The van der Waals surface area contributed by atoms with Crippen molar-refractivity contribution in [1.82, 2.24) is 4.31 Å². The molecule has 0 fully saturated rings. The van der Waals surface area contributed by atoms with E-state index in [4.69, 9.17) is 0 Å². The number of aromatic hydroxyl groups is 1. The van der Waals surface area contributed by atoms with Crippen molar-refractivity contribution in [3.63, 3.8) is 0 Å². The first-order valence-electron chi connectivity index (χ1n) is 6.18. The number of nitrogens with zero attached hydrogens (tertiary/aromatic N) is 1. The van der Waals surface area contributed by atoms with Gasteiger partial charge in [0.15, 0.2) is 6.29 Å². The third kappa shape index (κ3) is 2.68. The molecule has 0 saturated heterocycles. The maximum Gasteiger partial charge on any atom is 0.243 e. The van der Waals surface area contributed by atoms with Crippen LogP contribution in [-0.2, 0) is 10.0 Å². The van der Waals surface area contributed by atoms with Gasteiger partial charge < -0.3 is 5.11 Å². The Morgan fingerprint density at radius 2 is 1.62 bits per heavy atom. The minimum atomic E-state index is -3.66. The molecule has 0 radical (unpaired) electrons. The van der Waals surface area contributed by atoms with E-state index >= 15 is 0 Å². The van der Waals surface area contributed by atoms with E-state index in [1.807, 2.05) is 0 Å². The predicted octanol–water partition coefficient (Wildman–Crippen LogP) is 2.12. The second-order valence-corrected chi connectivity index (χ2v) is 6.77. The zero-order chi connectivity index (χ0) is 15.6. The molecule has 6 heteroatoms. The second-order valence-electron chi connectivity index (χ2n) is 4.64. The van der Waals surface area contributed by atoms with Crippen LogP contribution in [0.15, 0.2) is 47.4 Å². The fraction of sp³-hybridized carbons (Fsp3) is 0.133. The van der Waals surface area contributed by atoms with Crippen molar-refractivity contribution < 1.29 is 18.3 Å². The van der Waals surface area contributed by atoms with Gasteiger partial charge in [0.05, 0.1) is 10.5 Å². The molecule has 0 aliphatic carbocycles. The molecule has 5 nitrogen and oxygen atoms in total. The normalized spacial score (nSPS) is 11.6. The lowest BCUT2D eigenvalue weighted by Crippen LogP contribution is -2.22. The summed E-state index contributed by atoms with van der Waals surface area (Å²) in [7, 11) is -0.782. The molecule has 1 N–H and O–H groups in total. The first-order chi connectivity index (χ1) is 9.89. The van der Waals surface area contributed by atoms with Gasteiger partial charge in [-0.3, -0.25) is 4.79 Å². The highest BCUT2D eigenvalue weighted by Gasteiger charge is 2.23. The zero-order valence-corrected chi connectivity index (χ0v) is 12.5. The van der Waals surface area contributed by atoms with Crippen LogP contribution < -0.4 is 0 Å². The highest BCUT2D eigenvalue weighted by molar-refractivity contribution is 7.89. The van der Waals surface area contributed by atoms with Crippen LogP contribution in [0.3, 0.4) is 0 Å². The molecule has 0 spiro atoms. The van der Waals surface area contributed by atoms with Gasteiger partial charge in [0, 0.05) is 25.2 Å². The van der Waals surface area contributed by atoms with Gasteiger partial charge in [-0.25, -0.2) is 12.7 Å². The first-order valence-corrected chi connectivity index (χ1v) is 7.62. The quantitative estimate of drug-likeness (QED) is 0.878. The largest absolute Gasteiger partial charge is 0.507 e. The van der Waals surface area contributed by atoms with Crippen LogP contribution in [0.2, 0.25) is 0 Å². The molecule has 0 heterocycles. The molecule has 0 saturated carbocycles. The maximum absolute atomic E-state index is 12.4. The Kier molecular flexibility index (Phi) is 4.11. The van der Waals surface area contributed by atoms with Crippen molar-refractivity contribution in [3.05, 3.63) is 48.0 Å². The lowest BCUT2D eigenvalue weighted by Gasteiger charge is -2.16. The molecule has 0 unspecified atom stereocenters. The number of phenols is 1. The summed E-state index contributed by atoms with van der Waals surface area (Å²) in [4.78, 5) is 11.0. The second kappa shape index (κ2) is 5.67. The number of rotatable bonds is 4. The van der Waals surface area contributed by atoms with Crippen molar-refractivity contribution >= 4 is 16.3 Å². The monoisotopic (exact) mass is 305 g/mol. The van der Waals surface area contributed by atoms with E-state index in [2.05, 4.69) is 0 Å². The van der Waals surface area contributed by atoms with Crippen molar-refractivity contribution in [2.24, 2.45) is 0 Å². The van der Waals surface area contributed by atoms with Gasteiger partial charge in [-0.2, -0.15) is 0 Å². The minimum absolute atomic E-state index is 0.0772. The fourth-order valence-corrected chi connectivity index (χ4v) is 3.08. The highest BCUT2D eigenvalue weighted by atomic mass is 32.2. The van der Waals surface area contributed by atoms with Crippen molar-refractivity contribution in [3.8, 4) is 16.9 Å². The van der Waals surface area contributed by atoms with E-state index in [9.17, 15) is 18.3 Å². The molecule has 0 aliphatic heterocycles. The summed E-state index contributed by atoms with van der Waals surface area (Å²) in [6.07, 6.45) is 0.530. The van der Waals surface area contributed by atoms with Crippen LogP contribution in [-0.4, -0.2) is 38.2 Å². The maximum atomic E-state index is 12.4. The third-order valence-electron chi connectivity index (χ3n) is 3.13. The lowest BCUT2D eigenvalue weighted by molar-refractivity contribution is 0.112. The molecule has 0 aliphatic rings. The van der Waals surface area contributed by atoms with Gasteiger partial charge >= 0.3 is 0 Å². The fourth-order valence-electron chi connectivity index (χ4n) is 1.98. The number of benzene rings is 2. The van der Waals surface area contributed by atoms with E-state index in [0.29, 0.717) is 17.4 Å². The highest BCUT2D eigenvalue weighted by Crippen LogP contribution is 2.35. The molecule has 2 aromatic rings. The Hall–Kier alpha value is -2.18. The van der Waals surface area contributed by atoms with Gasteiger partial charge in [-0.1, -0.05) is 30.3 Å². The number of para-hydroxylation sites is 1. The summed E-state index contributed by atoms with van der Waals surface area (Å²) < 4.78 is 25.8. The van der Waals surface area contributed by atoms with Gasteiger partial charge in [-0.15, -0.1) is 0 Å². The molecule has 21 heavy (non-hydrogen) atoms. The first kappa shape index (κ1) is 15.2. The van der Waals surface area contributed by atoms with Crippen LogP contribution in [0.4, 0.5) is 0 Å². The molecule has 0 amide bonds. The Labute approximate surface area is 123 Å². The lowest BCUT2D eigenvalue weighted by atomic mass is 10.0. The molecular formula is C15H15NO4S. The van der Waals surface area contributed by atoms with Crippen molar-refractivity contribution in [2.75, 3.05) is 14.1 Å². The standard InChI is InChI=1S/C15H15NO4S/c1-16(2)21(19,20)14-9-4-3-7-12(14)13-8-5-6-11(10-17)15(13)18/h3-10,18H,1-2H3. The number of aldehydes is 1. The Morgan fingerprint density at radius 1 is 1.00 bits per heavy atom. The minimum Gasteiger partial charge on any atom is -0.507 e. The Morgan fingerprint density at radius 3 is 2.24 bits per heavy atom. The van der Waals surface area contributed by atoms with E-state index < -0.39 is 10.0 Å². The summed E-state index contributed by atoms with van der Waals surface area (Å²) in [5, 5.41) is 10.1. The van der Waals surface area contributed by atoms with E-state index in [-0.39, 0.29) is 16.2 Å². The Balaban J connectivity index is 2.76. The van der Waals surface area contributed by atoms with Crippen LogP contribution in [0.5, 0.6) is 5.75 Å². The van der Waals surface area contributed by atoms with E-state index in [1.165, 1.54) is 26.2 Å². The van der Waals surface area contributed by atoms with Crippen molar-refractivity contribution in [1.29, 1.82) is 0 Å². The number of sulfonamides is 1. The summed E-state index contributed by atoms with van der Waals surface area (Å²) in [5.41, 5.74) is 0.776. The third-order valence-corrected chi connectivity index (χ3v) is 5.00. The molecule has 2 aromatic carbocycles. The van der Waals surface area contributed by atoms with Gasteiger partial charge in [0.1, 0.15) is 5.75 Å². The molecule has 110 valence electrons. The summed E-state index contributed by atoms with van der Waals surface area (Å²) in [6, 6.07) is 11.0. The SMILES string of the molecule is CN(C)S(=O)(=O)c1ccccc1-c1cccc(C=O)c1O. The number of hydrogen-bond acceptors (Lipinski definition) is 4. The van der Waals surface area contributed by atoms with Crippen molar-refractivity contribution in [2.45, 2.75) is 4.90 Å². The van der Waals surface area contributed by atoms with Gasteiger partial charge in [-0.05, 0) is 12.1 Å². The number of carbonyl (C=O) groups excluding carboxylic acids is 1. The summed E-state index contributed by atoms with van der Waals surface area (Å²) in [5.74, 6) is -0.228. The number of phenolic OH excluding ortho intramolecular Hbond substituents is 1. The van der Waals surface area contributed by atoms with Gasteiger partial charge in [0.2, 0.25) is 10.0 Å². The number of carbonyl (C=O) groups is 1. The average Bonchev–Trinajstić information content (AvgIpc) is 2.47. The molecule has 0 aromatic heterocycles. The smallest absolute Gasteiger partial charge is 0.243 e. The van der Waals surface area contributed by atoms with Crippen LogP contribution in [0, 0.1) is 0 Å². The predicted molar refractivity (Wildman–Crippen MR) is 79.8 cm³/mol. The summed E-state index contributed by atoms with van der Waals surface area (Å²) in [6.45, 7) is 0. The molecule has 2 rings (SSSR count). The van der Waals surface area contributed by atoms with Crippen LogP contribution >= 0.6 is 0 Å². The molecular weight excluding hydrogens is 290 g/mol. The Bertz CT molecular complexity index is 782. The molecule has 0 atom stereocenters. The van der Waals surface area contributed by atoms with E-state index in [1.54, 1.807) is 30.3 Å². The number of hydrogen-bond donors (Lipinski definition) is 1. The van der Waals surface area contributed by atoms with Crippen LogP contribution in [0.1, 0.15) is 10.4 Å². The average molecular weight is 305 g/mol. The van der Waals surface area contributed by atoms with Gasteiger partial charge in [0.25, 0.3) is 0 Å².